The Morgan fingerprint density at radius 2 is 0.514 bits per heavy atom. The van der Waals surface area contributed by atoms with Crippen LogP contribution in [0, 0.1) is 0 Å². The van der Waals surface area contributed by atoms with Crippen LogP contribution in [0.5, 0.6) is 0 Å². The number of carbonyl (C=O) groups excluding carboxylic acids is 3. The molecule has 74 heavy (non-hydrogen) atoms. The summed E-state index contributed by atoms with van der Waals surface area (Å²) in [6, 6.07) is 0. The number of hydrogen-bond donors (Lipinski definition) is 0. The van der Waals surface area contributed by atoms with E-state index < -0.39 is 6.10 Å². The zero-order valence-electron chi connectivity index (χ0n) is 49.4. The molecular formula is C68H122O6. The molecule has 0 aliphatic rings. The molecule has 6 nitrogen and oxygen atoms in total. The summed E-state index contributed by atoms with van der Waals surface area (Å²) in [6.45, 7) is 6.59. The molecule has 1 unspecified atom stereocenters. The first kappa shape index (κ1) is 71.1. The first-order valence-corrected chi connectivity index (χ1v) is 32.3. The van der Waals surface area contributed by atoms with Gasteiger partial charge in [0.15, 0.2) is 6.10 Å². The number of rotatable bonds is 59. The number of hydrogen-bond acceptors (Lipinski definition) is 6. The van der Waals surface area contributed by atoms with Gasteiger partial charge in [0.05, 0.1) is 0 Å². The number of ether oxygens (including phenoxy) is 3. The zero-order chi connectivity index (χ0) is 53.6. The molecule has 0 saturated carbocycles. The van der Waals surface area contributed by atoms with Gasteiger partial charge in [-0.2, -0.15) is 0 Å². The van der Waals surface area contributed by atoms with Gasteiger partial charge >= 0.3 is 17.9 Å². The highest BCUT2D eigenvalue weighted by atomic mass is 16.6. The Labute approximate surface area is 460 Å². The number of carbonyl (C=O) groups is 3. The van der Waals surface area contributed by atoms with Gasteiger partial charge < -0.3 is 14.2 Å². The molecule has 0 radical (unpaired) electrons. The van der Waals surface area contributed by atoms with Crippen LogP contribution in [0.4, 0.5) is 0 Å². The van der Waals surface area contributed by atoms with Crippen molar-refractivity contribution in [3.8, 4) is 0 Å². The van der Waals surface area contributed by atoms with E-state index in [9.17, 15) is 14.4 Å². The summed E-state index contributed by atoms with van der Waals surface area (Å²) in [5, 5.41) is 0. The van der Waals surface area contributed by atoms with Crippen molar-refractivity contribution in [2.75, 3.05) is 13.2 Å². The van der Waals surface area contributed by atoms with Gasteiger partial charge in [-0.05, 0) is 103 Å². The Bertz CT molecular complexity index is 1330. The summed E-state index contributed by atoms with van der Waals surface area (Å²) in [7, 11) is 0. The SMILES string of the molecule is CCC/C=C\CCCCCCCC(=O)OCC(COC(=O)CCCCCCCCCCCCCCC/C=C\CCCCCCCCCC)OC(=O)CCCCCCCC/C=C\C/C=C\C/C=C\CCCCCCC. The fraction of sp³-hybridized carbons (Fsp3) is 0.809. The van der Waals surface area contributed by atoms with Gasteiger partial charge in [0, 0.05) is 19.3 Å². The van der Waals surface area contributed by atoms with Crippen molar-refractivity contribution in [1.29, 1.82) is 0 Å². The first-order valence-electron chi connectivity index (χ1n) is 32.3. The maximum atomic E-state index is 12.9. The third-order valence-electron chi connectivity index (χ3n) is 14.2. The molecule has 0 N–H and O–H groups in total. The van der Waals surface area contributed by atoms with Crippen molar-refractivity contribution in [3.05, 3.63) is 60.8 Å². The van der Waals surface area contributed by atoms with E-state index in [1.165, 1.54) is 199 Å². The molecule has 0 aromatic carbocycles. The summed E-state index contributed by atoms with van der Waals surface area (Å²) in [6.07, 6.45) is 79.5. The van der Waals surface area contributed by atoms with Crippen LogP contribution in [0.2, 0.25) is 0 Å². The van der Waals surface area contributed by atoms with Gasteiger partial charge in [-0.15, -0.1) is 0 Å². The molecule has 430 valence electrons. The van der Waals surface area contributed by atoms with Gasteiger partial charge in [0.2, 0.25) is 0 Å². The van der Waals surface area contributed by atoms with Gasteiger partial charge in [-0.1, -0.05) is 274 Å². The molecule has 0 aromatic heterocycles. The highest BCUT2D eigenvalue weighted by molar-refractivity contribution is 5.71. The molecule has 0 heterocycles. The van der Waals surface area contributed by atoms with Gasteiger partial charge in [0.1, 0.15) is 13.2 Å². The van der Waals surface area contributed by atoms with E-state index in [1.54, 1.807) is 0 Å². The lowest BCUT2D eigenvalue weighted by atomic mass is 10.0. The van der Waals surface area contributed by atoms with Crippen molar-refractivity contribution in [2.45, 2.75) is 341 Å². The molecule has 0 bridgehead atoms. The lowest BCUT2D eigenvalue weighted by molar-refractivity contribution is -0.167. The maximum Gasteiger partial charge on any atom is 0.306 e. The topological polar surface area (TPSA) is 78.9 Å². The predicted molar refractivity (Wildman–Crippen MR) is 321 cm³/mol. The van der Waals surface area contributed by atoms with Crippen LogP contribution in [0.3, 0.4) is 0 Å². The van der Waals surface area contributed by atoms with Crippen LogP contribution < -0.4 is 0 Å². The minimum atomic E-state index is -0.784. The van der Waals surface area contributed by atoms with E-state index in [0.29, 0.717) is 19.3 Å². The maximum absolute atomic E-state index is 12.9. The first-order chi connectivity index (χ1) is 36.5. The van der Waals surface area contributed by atoms with Crippen molar-refractivity contribution in [2.24, 2.45) is 0 Å². The summed E-state index contributed by atoms with van der Waals surface area (Å²) >= 11 is 0. The second-order valence-electron chi connectivity index (χ2n) is 21.7. The predicted octanol–water partition coefficient (Wildman–Crippen LogP) is 21.9. The highest BCUT2D eigenvalue weighted by Crippen LogP contribution is 2.17. The minimum Gasteiger partial charge on any atom is -0.462 e. The normalized spacial score (nSPS) is 12.4. The molecule has 0 saturated heterocycles. The van der Waals surface area contributed by atoms with Crippen LogP contribution in [0.15, 0.2) is 60.8 Å². The van der Waals surface area contributed by atoms with E-state index in [1.807, 2.05) is 0 Å². The van der Waals surface area contributed by atoms with Crippen LogP contribution in [-0.4, -0.2) is 37.2 Å². The quantitative estimate of drug-likeness (QED) is 0.0261. The number of allylic oxidation sites excluding steroid dienone is 10. The van der Waals surface area contributed by atoms with E-state index in [0.717, 1.165) is 96.3 Å². The highest BCUT2D eigenvalue weighted by Gasteiger charge is 2.19. The Hall–Kier alpha value is -2.89. The molecule has 0 aliphatic carbocycles. The fourth-order valence-electron chi connectivity index (χ4n) is 9.33. The van der Waals surface area contributed by atoms with E-state index >= 15 is 0 Å². The minimum absolute atomic E-state index is 0.0806. The molecule has 0 spiro atoms. The summed E-state index contributed by atoms with van der Waals surface area (Å²) in [5.41, 5.74) is 0. The largest absolute Gasteiger partial charge is 0.462 e. The molecule has 0 fully saturated rings. The van der Waals surface area contributed by atoms with Crippen LogP contribution in [0.25, 0.3) is 0 Å². The molecule has 0 aromatic rings. The number of esters is 3. The molecule has 1 atom stereocenters. The van der Waals surface area contributed by atoms with Crippen LogP contribution in [0.1, 0.15) is 335 Å². The van der Waals surface area contributed by atoms with Gasteiger partial charge in [-0.25, -0.2) is 0 Å². The Morgan fingerprint density at radius 1 is 0.270 bits per heavy atom. The zero-order valence-corrected chi connectivity index (χ0v) is 49.4. The average Bonchev–Trinajstić information content (AvgIpc) is 3.40. The lowest BCUT2D eigenvalue weighted by Gasteiger charge is -2.18. The summed E-state index contributed by atoms with van der Waals surface area (Å²) < 4.78 is 16.9. The standard InChI is InChI=1S/C68H122O6/c1-4-7-10-13-16-19-22-24-26-28-30-32-33-34-35-37-38-40-42-44-46-49-52-55-58-61-67(70)73-64-65(63-72-66(69)60-57-54-51-48-21-18-15-12-9-6-3)74-68(71)62-59-56-53-50-47-45-43-41-39-36-31-29-27-25-23-20-17-14-11-8-5-2/h12,15,23,25,28-31,39,41,65H,4-11,13-14,16-22,24,26-27,32-38,40,42-64H2,1-3H3/b15-12-,25-23-,30-28-,31-29-,41-39-. The Balaban J connectivity index is 4.24. The van der Waals surface area contributed by atoms with E-state index in [2.05, 4.69) is 81.5 Å². The molecule has 0 amide bonds. The molecule has 6 heteroatoms. The molecular weight excluding hydrogens is 913 g/mol. The number of unbranched alkanes of at least 4 members (excludes halogenated alkanes) is 38. The van der Waals surface area contributed by atoms with Crippen molar-refractivity contribution < 1.29 is 28.6 Å². The van der Waals surface area contributed by atoms with Crippen LogP contribution in [-0.2, 0) is 28.6 Å². The Kier molecular flexibility index (Phi) is 60.2. The second kappa shape index (κ2) is 62.6. The summed E-state index contributed by atoms with van der Waals surface area (Å²) in [4.78, 5) is 38.2. The van der Waals surface area contributed by atoms with E-state index in [-0.39, 0.29) is 31.1 Å². The Morgan fingerprint density at radius 3 is 0.824 bits per heavy atom. The monoisotopic (exact) mass is 1030 g/mol. The molecule has 0 aliphatic heterocycles. The summed E-state index contributed by atoms with van der Waals surface area (Å²) in [5.74, 6) is -0.890. The smallest absolute Gasteiger partial charge is 0.306 e. The van der Waals surface area contributed by atoms with Crippen molar-refractivity contribution in [3.63, 3.8) is 0 Å². The third-order valence-corrected chi connectivity index (χ3v) is 14.2. The molecule has 0 rings (SSSR count). The third kappa shape index (κ3) is 60.0. The van der Waals surface area contributed by atoms with Gasteiger partial charge in [0.25, 0.3) is 0 Å². The van der Waals surface area contributed by atoms with E-state index in [4.69, 9.17) is 14.2 Å². The fourth-order valence-corrected chi connectivity index (χ4v) is 9.33. The lowest BCUT2D eigenvalue weighted by Crippen LogP contribution is -2.30. The second-order valence-corrected chi connectivity index (χ2v) is 21.7. The van der Waals surface area contributed by atoms with Crippen molar-refractivity contribution in [1.82, 2.24) is 0 Å². The van der Waals surface area contributed by atoms with Gasteiger partial charge in [-0.3, -0.25) is 14.4 Å². The van der Waals surface area contributed by atoms with Crippen LogP contribution >= 0.6 is 0 Å². The van der Waals surface area contributed by atoms with Crippen molar-refractivity contribution >= 4 is 17.9 Å². The average molecular weight is 1040 g/mol.